The first-order chi connectivity index (χ1) is 10.3. The molecule has 0 unspecified atom stereocenters. The SMILES string of the molecule is CCCCC[C@H](O)CCC(=O)NNC1=CC(=O)CC(C)(C)C1. The summed E-state index contributed by atoms with van der Waals surface area (Å²) in [5.74, 6) is -0.0781. The molecule has 5 heteroatoms. The maximum absolute atomic E-state index is 11.8. The maximum atomic E-state index is 11.8. The van der Waals surface area contributed by atoms with E-state index in [1.165, 1.54) is 0 Å². The number of allylic oxidation sites excluding steroid dienone is 2. The first kappa shape index (κ1) is 18.7. The summed E-state index contributed by atoms with van der Waals surface area (Å²) in [5.41, 5.74) is 6.13. The highest BCUT2D eigenvalue weighted by Crippen LogP contribution is 2.32. The molecular formula is C17H30N2O3. The van der Waals surface area contributed by atoms with Crippen molar-refractivity contribution in [3.63, 3.8) is 0 Å². The molecule has 0 aromatic heterocycles. The lowest BCUT2D eigenvalue weighted by Crippen LogP contribution is -2.40. The normalized spacial score (nSPS) is 18.5. The van der Waals surface area contributed by atoms with E-state index in [-0.39, 0.29) is 23.5 Å². The van der Waals surface area contributed by atoms with Crippen LogP contribution >= 0.6 is 0 Å². The number of ketones is 1. The number of aliphatic hydroxyl groups is 1. The molecule has 1 rings (SSSR count). The lowest BCUT2D eigenvalue weighted by Gasteiger charge is -2.29. The molecule has 1 atom stereocenters. The van der Waals surface area contributed by atoms with Gasteiger partial charge in [0.25, 0.3) is 0 Å². The van der Waals surface area contributed by atoms with Gasteiger partial charge in [0.1, 0.15) is 0 Å². The standard InChI is InChI=1S/C17H30N2O3/c1-4-5-6-7-14(20)8-9-16(22)19-18-13-10-15(21)12-17(2,3)11-13/h10,14,18,20H,4-9,11-12H2,1-3H3,(H,19,22)/t14-/m0/s1. The van der Waals surface area contributed by atoms with E-state index in [9.17, 15) is 14.7 Å². The van der Waals surface area contributed by atoms with Crippen LogP contribution in [0.3, 0.4) is 0 Å². The van der Waals surface area contributed by atoms with Crippen LogP contribution in [-0.2, 0) is 9.59 Å². The van der Waals surface area contributed by atoms with Crippen LogP contribution in [0.1, 0.15) is 72.1 Å². The van der Waals surface area contributed by atoms with E-state index < -0.39 is 6.10 Å². The Bertz CT molecular complexity index is 416. The summed E-state index contributed by atoms with van der Waals surface area (Å²) < 4.78 is 0. The molecule has 0 spiro atoms. The summed E-state index contributed by atoms with van der Waals surface area (Å²) in [6, 6.07) is 0. The molecule has 22 heavy (non-hydrogen) atoms. The van der Waals surface area contributed by atoms with Crippen LogP contribution in [-0.4, -0.2) is 22.9 Å². The van der Waals surface area contributed by atoms with Crippen molar-refractivity contribution >= 4 is 11.7 Å². The van der Waals surface area contributed by atoms with Crippen molar-refractivity contribution in [1.29, 1.82) is 0 Å². The minimum absolute atomic E-state index is 0.0750. The van der Waals surface area contributed by atoms with Gasteiger partial charge in [-0.05, 0) is 24.7 Å². The monoisotopic (exact) mass is 310 g/mol. The molecule has 1 amide bonds. The van der Waals surface area contributed by atoms with Crippen molar-refractivity contribution in [3.8, 4) is 0 Å². The zero-order valence-corrected chi connectivity index (χ0v) is 14.1. The molecule has 1 aliphatic rings. The number of rotatable bonds is 9. The Balaban J connectivity index is 2.24. The first-order valence-corrected chi connectivity index (χ1v) is 8.29. The van der Waals surface area contributed by atoms with Gasteiger partial charge in [-0.25, -0.2) is 0 Å². The van der Waals surface area contributed by atoms with Crippen molar-refractivity contribution in [2.75, 3.05) is 0 Å². The third-order valence-electron chi connectivity index (χ3n) is 3.87. The molecule has 0 radical (unpaired) electrons. The van der Waals surface area contributed by atoms with Gasteiger partial charge < -0.3 is 10.5 Å². The largest absolute Gasteiger partial charge is 0.393 e. The van der Waals surface area contributed by atoms with E-state index in [2.05, 4.69) is 17.8 Å². The van der Waals surface area contributed by atoms with Crippen molar-refractivity contribution in [2.24, 2.45) is 5.41 Å². The number of carbonyl (C=O) groups is 2. The van der Waals surface area contributed by atoms with E-state index in [4.69, 9.17) is 0 Å². The summed E-state index contributed by atoms with van der Waals surface area (Å²) in [5, 5.41) is 9.79. The van der Waals surface area contributed by atoms with Crippen LogP contribution in [0.5, 0.6) is 0 Å². The van der Waals surface area contributed by atoms with Crippen LogP contribution in [0.15, 0.2) is 11.8 Å². The van der Waals surface area contributed by atoms with Crippen LogP contribution in [0.4, 0.5) is 0 Å². The van der Waals surface area contributed by atoms with E-state index in [0.717, 1.165) is 37.8 Å². The summed E-state index contributed by atoms with van der Waals surface area (Å²) in [7, 11) is 0. The molecule has 1 aliphatic carbocycles. The maximum Gasteiger partial charge on any atom is 0.238 e. The fraction of sp³-hybridized carbons (Fsp3) is 0.765. The number of carbonyl (C=O) groups excluding carboxylic acids is 2. The number of hydrogen-bond donors (Lipinski definition) is 3. The van der Waals surface area contributed by atoms with Crippen molar-refractivity contribution in [1.82, 2.24) is 10.9 Å². The summed E-state index contributed by atoms with van der Waals surface area (Å²) in [6.45, 7) is 6.19. The van der Waals surface area contributed by atoms with Gasteiger partial charge in [-0.1, -0.05) is 40.0 Å². The molecule has 3 N–H and O–H groups in total. The molecule has 0 heterocycles. The topological polar surface area (TPSA) is 78.4 Å². The first-order valence-electron chi connectivity index (χ1n) is 8.29. The van der Waals surface area contributed by atoms with E-state index in [1.54, 1.807) is 6.08 Å². The smallest absolute Gasteiger partial charge is 0.238 e. The number of amides is 1. The average molecular weight is 310 g/mol. The van der Waals surface area contributed by atoms with Crippen molar-refractivity contribution in [3.05, 3.63) is 11.8 Å². The predicted octanol–water partition coefficient (Wildman–Crippen LogP) is 2.60. The number of aliphatic hydroxyl groups excluding tert-OH is 1. The summed E-state index contributed by atoms with van der Waals surface area (Å²) in [6.07, 6.45) is 7.17. The van der Waals surface area contributed by atoms with Gasteiger partial charge in [0.05, 0.1) is 6.10 Å². The highest BCUT2D eigenvalue weighted by atomic mass is 16.3. The number of unbranched alkanes of at least 4 members (excludes halogenated alkanes) is 2. The second kappa shape index (κ2) is 8.93. The quantitative estimate of drug-likeness (QED) is 0.452. The Hall–Kier alpha value is -1.36. The fourth-order valence-electron chi connectivity index (χ4n) is 2.71. The Labute approximate surface area is 133 Å². The minimum Gasteiger partial charge on any atom is -0.393 e. The molecule has 0 fully saturated rings. The van der Waals surface area contributed by atoms with Gasteiger partial charge in [-0.3, -0.25) is 15.0 Å². The van der Waals surface area contributed by atoms with Crippen molar-refractivity contribution < 1.29 is 14.7 Å². The highest BCUT2D eigenvalue weighted by Gasteiger charge is 2.27. The van der Waals surface area contributed by atoms with Gasteiger partial charge in [0.2, 0.25) is 5.91 Å². The van der Waals surface area contributed by atoms with Crippen LogP contribution in [0.25, 0.3) is 0 Å². The molecule has 0 saturated heterocycles. The third kappa shape index (κ3) is 7.59. The van der Waals surface area contributed by atoms with Gasteiger partial charge in [0.15, 0.2) is 5.78 Å². The Morgan fingerprint density at radius 2 is 2.05 bits per heavy atom. The van der Waals surface area contributed by atoms with E-state index >= 15 is 0 Å². The number of hydrazine groups is 1. The molecule has 0 aromatic carbocycles. The lowest BCUT2D eigenvalue weighted by atomic mass is 9.79. The zero-order chi connectivity index (χ0) is 16.6. The molecule has 0 bridgehead atoms. The number of nitrogens with one attached hydrogen (secondary N) is 2. The minimum atomic E-state index is -0.410. The summed E-state index contributed by atoms with van der Waals surface area (Å²) >= 11 is 0. The zero-order valence-electron chi connectivity index (χ0n) is 14.1. The van der Waals surface area contributed by atoms with Gasteiger partial charge in [-0.15, -0.1) is 0 Å². The second-order valence-corrected chi connectivity index (χ2v) is 7.02. The molecular weight excluding hydrogens is 280 g/mol. The molecule has 5 nitrogen and oxygen atoms in total. The van der Waals surface area contributed by atoms with Crippen LogP contribution in [0.2, 0.25) is 0 Å². The van der Waals surface area contributed by atoms with Gasteiger partial charge >= 0.3 is 0 Å². The Morgan fingerprint density at radius 1 is 1.32 bits per heavy atom. The Kier molecular flexibility index (Phi) is 7.59. The Morgan fingerprint density at radius 3 is 2.68 bits per heavy atom. The molecule has 0 saturated carbocycles. The van der Waals surface area contributed by atoms with Gasteiger partial charge in [0, 0.05) is 24.6 Å². The molecule has 126 valence electrons. The summed E-state index contributed by atoms with van der Waals surface area (Å²) in [4.78, 5) is 23.4. The predicted molar refractivity (Wildman–Crippen MR) is 86.8 cm³/mol. The van der Waals surface area contributed by atoms with Crippen LogP contribution in [0, 0.1) is 5.41 Å². The molecule has 0 aliphatic heterocycles. The van der Waals surface area contributed by atoms with E-state index in [1.807, 2.05) is 13.8 Å². The van der Waals surface area contributed by atoms with E-state index in [0.29, 0.717) is 12.8 Å². The molecule has 0 aromatic rings. The second-order valence-electron chi connectivity index (χ2n) is 7.02. The fourth-order valence-corrected chi connectivity index (χ4v) is 2.71. The number of hydrogen-bond acceptors (Lipinski definition) is 4. The van der Waals surface area contributed by atoms with Crippen LogP contribution < -0.4 is 10.9 Å². The average Bonchev–Trinajstić information content (AvgIpc) is 2.41. The third-order valence-corrected chi connectivity index (χ3v) is 3.87. The van der Waals surface area contributed by atoms with Gasteiger partial charge in [-0.2, -0.15) is 0 Å². The van der Waals surface area contributed by atoms with Crippen molar-refractivity contribution in [2.45, 2.75) is 78.2 Å². The lowest BCUT2D eigenvalue weighted by molar-refractivity contribution is -0.123. The highest BCUT2D eigenvalue weighted by molar-refractivity contribution is 5.91.